The van der Waals surface area contributed by atoms with E-state index in [2.05, 4.69) is 0 Å². The zero-order valence-electron chi connectivity index (χ0n) is 2.63. The van der Waals surface area contributed by atoms with Crippen molar-refractivity contribution in [1.82, 2.24) is 0 Å². The molecule has 0 aromatic rings. The molecule has 0 aliphatic rings. The van der Waals surface area contributed by atoms with E-state index in [0.717, 1.165) is 0 Å². The van der Waals surface area contributed by atoms with Gasteiger partial charge in [0.15, 0.2) is 0 Å². The first-order chi connectivity index (χ1) is 2.83. The fraction of sp³-hybridized carbons (Fsp3) is 0. The minimum Gasteiger partial charge on any atom is -0.186 e. The van der Waals surface area contributed by atoms with Gasteiger partial charge in [-0.2, -0.15) is 19.2 Å². The molecule has 0 atom stereocenters. The van der Waals surface area contributed by atoms with Crippen molar-refractivity contribution in [3.63, 3.8) is 0 Å². The van der Waals surface area contributed by atoms with E-state index in [4.69, 9.17) is 19.2 Å². The van der Waals surface area contributed by atoms with Gasteiger partial charge in [0.2, 0.25) is 0 Å². The van der Waals surface area contributed by atoms with E-state index in [-0.39, 0.29) is 12.3 Å². The highest BCUT2D eigenvalue weighted by molar-refractivity contribution is 5.20. The van der Waals surface area contributed by atoms with Crippen molar-refractivity contribution in [3.8, 4) is 0 Å². The summed E-state index contributed by atoms with van der Waals surface area (Å²) in [7, 11) is 0. The van der Waals surface area contributed by atoms with Crippen LogP contribution in [0, 0.1) is 0 Å². The van der Waals surface area contributed by atoms with Crippen molar-refractivity contribution in [1.29, 1.82) is 0 Å². The predicted molar refractivity (Wildman–Crippen MR) is 10.0 cm³/mol. The highest BCUT2D eigenvalue weighted by Crippen LogP contribution is 0.790. The summed E-state index contributed by atoms with van der Waals surface area (Å²) in [5.41, 5.74) is 0. The largest absolute Gasteiger partial charge is 0.373 e. The van der Waals surface area contributed by atoms with Gasteiger partial charge in [-0.1, -0.05) is 0 Å². The van der Waals surface area contributed by atoms with Crippen molar-refractivity contribution in [3.05, 3.63) is 0 Å². The maximum Gasteiger partial charge on any atom is 0.373 e. The number of hydrogen-bond acceptors (Lipinski definition) is 4. The van der Waals surface area contributed by atoms with Crippen LogP contribution in [0.5, 0.6) is 0 Å². The third kappa shape index (κ3) is 5.56. The third-order valence-corrected chi connectivity index (χ3v) is 0. The molecule has 0 unspecified atom stereocenters. The summed E-state index contributed by atoms with van der Waals surface area (Å²) in [6.45, 7) is 0. The average Bonchev–Trinajstić information content (AvgIpc) is 1.39. The van der Waals surface area contributed by atoms with Crippen molar-refractivity contribution >= 4 is 12.3 Å². The Kier molecular flexibility index (Phi) is 73.0. The van der Waals surface area contributed by atoms with E-state index in [0.29, 0.717) is 0 Å². The Morgan fingerprint density at radius 2 is 0.667 bits per heavy atom. The molecule has 0 saturated carbocycles. The Balaban J connectivity index is 0. The molecule has 4 heteroatoms. The van der Waals surface area contributed by atoms with Crippen molar-refractivity contribution < 1.29 is 19.2 Å². The zero-order valence-corrected chi connectivity index (χ0v) is 2.63. The standard InChI is InChI=1S/2CO2/c2*2-1-3. The van der Waals surface area contributed by atoms with Crippen LogP contribution < -0.4 is 0 Å². The molecule has 6 heavy (non-hydrogen) atoms. The normalized spacial score (nSPS) is 2.67. The van der Waals surface area contributed by atoms with Gasteiger partial charge in [0, 0.05) is 0 Å². The van der Waals surface area contributed by atoms with Crippen LogP contribution in [-0.2, 0) is 19.2 Å². The molecule has 0 bridgehead atoms. The number of rotatable bonds is 0. The topological polar surface area (TPSA) is 68.3 Å². The monoisotopic (exact) mass is 88.0 g/mol. The van der Waals surface area contributed by atoms with Gasteiger partial charge in [-0.05, 0) is 0 Å². The van der Waals surface area contributed by atoms with Crippen LogP contribution in [0.15, 0.2) is 0 Å². The van der Waals surface area contributed by atoms with E-state index in [1.165, 1.54) is 0 Å². The second kappa shape index (κ2) is 49.6. The summed E-state index contributed by atoms with van der Waals surface area (Å²) in [6, 6.07) is 0. The van der Waals surface area contributed by atoms with Gasteiger partial charge in [0.1, 0.15) is 0 Å². The van der Waals surface area contributed by atoms with Gasteiger partial charge in [0.25, 0.3) is 0 Å². The second-order valence-electron chi connectivity index (χ2n) is 0.167. The van der Waals surface area contributed by atoms with Gasteiger partial charge in [-0.15, -0.1) is 0 Å². The molecule has 0 aromatic heterocycles. The Morgan fingerprint density at radius 1 is 0.667 bits per heavy atom. The lowest BCUT2D eigenvalue weighted by Gasteiger charge is -0.945. The molecule has 0 spiro atoms. The minimum absolute atomic E-state index is 0.250. The fourth-order valence-corrected chi connectivity index (χ4v) is 0. The van der Waals surface area contributed by atoms with Gasteiger partial charge in [-0.3, -0.25) is 0 Å². The van der Waals surface area contributed by atoms with E-state index < -0.39 is 0 Å². The van der Waals surface area contributed by atoms with Gasteiger partial charge >= 0.3 is 12.3 Å². The lowest BCUT2D eigenvalue weighted by atomic mass is 11.8. The zero-order chi connectivity index (χ0) is 5.41. The summed E-state index contributed by atoms with van der Waals surface area (Å²) in [5.74, 6) is 0. The number of carbonyl (C=O) groups excluding carboxylic acids is 4. The quantitative estimate of drug-likeness (QED) is 0.374. The second-order valence-corrected chi connectivity index (χ2v) is 0.167. The molecule has 4 nitrogen and oxygen atoms in total. The molecule has 32 valence electrons. The molecule has 0 fully saturated rings. The third-order valence-electron chi connectivity index (χ3n) is 0. The fourth-order valence-electron chi connectivity index (χ4n) is 0. The molecule has 0 amide bonds. The van der Waals surface area contributed by atoms with Crippen LogP contribution in [0.4, 0.5) is 0 Å². The molecule has 0 N–H and O–H groups in total. The van der Waals surface area contributed by atoms with Crippen molar-refractivity contribution in [2.75, 3.05) is 0 Å². The Labute approximate surface area is 32.8 Å². The number of hydrogen-bond donors (Lipinski definition) is 0. The Hall–Kier alpha value is -1.24. The average molecular weight is 88.0 g/mol. The highest BCUT2D eigenvalue weighted by atomic mass is 16.2. The summed E-state index contributed by atoms with van der Waals surface area (Å²) < 4.78 is 0. The SMILES string of the molecule is O=C=O.O=C=O. The van der Waals surface area contributed by atoms with Gasteiger partial charge in [0.05, 0.1) is 0 Å². The molecule has 0 saturated heterocycles. The van der Waals surface area contributed by atoms with Crippen LogP contribution in [0.2, 0.25) is 0 Å². The molecular weight excluding hydrogens is 88.0 g/mol. The first-order valence-corrected chi connectivity index (χ1v) is 0.816. The van der Waals surface area contributed by atoms with Crippen LogP contribution in [0.1, 0.15) is 0 Å². The van der Waals surface area contributed by atoms with E-state index in [1.807, 2.05) is 0 Å². The Bertz CT molecular complexity index is 59.5. The smallest absolute Gasteiger partial charge is 0.186 e. The summed E-state index contributed by atoms with van der Waals surface area (Å²) in [4.78, 5) is 32.5. The molecule has 0 aromatic carbocycles. The van der Waals surface area contributed by atoms with E-state index >= 15 is 0 Å². The molecular formula is C2O4. The van der Waals surface area contributed by atoms with Crippen molar-refractivity contribution in [2.24, 2.45) is 0 Å². The van der Waals surface area contributed by atoms with Crippen LogP contribution >= 0.6 is 0 Å². The maximum atomic E-state index is 8.12. The molecule has 0 aliphatic heterocycles. The minimum atomic E-state index is 0.250. The lowest BCUT2D eigenvalue weighted by molar-refractivity contribution is -0.193. The molecule has 0 rings (SSSR count). The highest BCUT2D eigenvalue weighted by Gasteiger charge is 1.13. The van der Waals surface area contributed by atoms with E-state index in [9.17, 15) is 0 Å². The molecule has 0 radical (unpaired) electrons. The summed E-state index contributed by atoms with van der Waals surface area (Å²) in [6.07, 6.45) is 0.500. The molecule has 0 aliphatic carbocycles. The Morgan fingerprint density at radius 3 is 0.667 bits per heavy atom. The van der Waals surface area contributed by atoms with E-state index in [1.54, 1.807) is 0 Å². The predicted octanol–water partition coefficient (Wildman–Crippen LogP) is -1.17. The van der Waals surface area contributed by atoms with Gasteiger partial charge in [-0.25, -0.2) is 0 Å². The van der Waals surface area contributed by atoms with Crippen molar-refractivity contribution in [2.45, 2.75) is 0 Å². The first kappa shape index (κ1) is 8.83. The lowest BCUT2D eigenvalue weighted by Crippen LogP contribution is -1.22. The first-order valence-electron chi connectivity index (χ1n) is 0.816. The molecule has 0 heterocycles. The van der Waals surface area contributed by atoms with Crippen LogP contribution in [-0.4, -0.2) is 12.3 Å². The maximum absolute atomic E-state index is 8.12. The van der Waals surface area contributed by atoms with Crippen LogP contribution in [0.25, 0.3) is 0 Å². The van der Waals surface area contributed by atoms with Crippen LogP contribution in [0.3, 0.4) is 0 Å². The summed E-state index contributed by atoms with van der Waals surface area (Å²) in [5, 5.41) is 0. The summed E-state index contributed by atoms with van der Waals surface area (Å²) >= 11 is 0. The van der Waals surface area contributed by atoms with Gasteiger partial charge < -0.3 is 0 Å².